The average molecular weight is 418 g/mol. The first-order valence-electron chi connectivity index (χ1n) is 10.2. The molecule has 1 fully saturated rings. The summed E-state index contributed by atoms with van der Waals surface area (Å²) in [6.45, 7) is 11.9. The molecular weight excluding hydrogens is 386 g/mol. The van der Waals surface area contributed by atoms with Crippen molar-refractivity contribution in [3.8, 4) is 5.75 Å². The molecule has 1 aliphatic heterocycles. The fourth-order valence-electron chi connectivity index (χ4n) is 3.25. The number of thiazole rings is 1. The van der Waals surface area contributed by atoms with Crippen molar-refractivity contribution in [1.82, 2.24) is 14.8 Å². The molecule has 0 bridgehead atoms. The molecule has 3 rings (SSSR count). The van der Waals surface area contributed by atoms with E-state index in [-0.39, 0.29) is 11.8 Å². The van der Waals surface area contributed by atoms with Crippen molar-refractivity contribution in [2.75, 3.05) is 39.4 Å². The first-order valence-corrected chi connectivity index (χ1v) is 11.1. The Balaban J connectivity index is 1.56. The number of hydrogen-bond donors (Lipinski definition) is 0. The molecule has 6 nitrogen and oxygen atoms in total. The fraction of sp³-hybridized carbons (Fsp3) is 0.545. The SMILES string of the molecule is Cc1cccc(OCc2nc(CN(CCN3CCOCC3)C(=O)C(C)C)cs2)c1. The van der Waals surface area contributed by atoms with E-state index in [1.54, 1.807) is 11.3 Å². The molecule has 0 radical (unpaired) electrons. The molecule has 29 heavy (non-hydrogen) atoms. The van der Waals surface area contributed by atoms with Gasteiger partial charge in [0.15, 0.2) is 0 Å². The first-order chi connectivity index (χ1) is 14.0. The third-order valence-electron chi connectivity index (χ3n) is 4.90. The standard InChI is InChI=1S/C22H31N3O3S/c1-17(2)22(26)25(8-7-24-9-11-27-12-10-24)14-19-16-29-21(23-19)15-28-20-6-4-5-18(3)13-20/h4-6,13,16-17H,7-12,14-15H2,1-3H3. The van der Waals surface area contributed by atoms with Crippen molar-refractivity contribution in [2.24, 2.45) is 5.92 Å². The quantitative estimate of drug-likeness (QED) is 0.626. The van der Waals surface area contributed by atoms with Gasteiger partial charge in [0.2, 0.25) is 5.91 Å². The number of carbonyl (C=O) groups excluding carboxylic acids is 1. The number of hydrogen-bond acceptors (Lipinski definition) is 6. The van der Waals surface area contributed by atoms with Gasteiger partial charge in [-0.15, -0.1) is 11.3 Å². The normalized spacial score (nSPS) is 14.9. The Morgan fingerprint density at radius 1 is 1.34 bits per heavy atom. The van der Waals surface area contributed by atoms with Gasteiger partial charge in [0.25, 0.3) is 0 Å². The maximum absolute atomic E-state index is 12.7. The summed E-state index contributed by atoms with van der Waals surface area (Å²) in [6, 6.07) is 8.01. The number of benzene rings is 1. The van der Waals surface area contributed by atoms with Gasteiger partial charge in [-0.3, -0.25) is 9.69 Å². The Bertz CT molecular complexity index is 787. The molecule has 0 unspecified atom stereocenters. The van der Waals surface area contributed by atoms with Crippen molar-refractivity contribution in [3.63, 3.8) is 0 Å². The third kappa shape index (κ3) is 6.80. The summed E-state index contributed by atoms with van der Waals surface area (Å²) >= 11 is 1.58. The average Bonchev–Trinajstić information content (AvgIpc) is 3.17. The zero-order valence-corrected chi connectivity index (χ0v) is 18.4. The van der Waals surface area contributed by atoms with Crippen LogP contribution in [0.15, 0.2) is 29.6 Å². The molecule has 7 heteroatoms. The monoisotopic (exact) mass is 417 g/mol. The number of rotatable bonds is 9. The predicted octanol–water partition coefficient (Wildman–Crippen LogP) is 3.35. The lowest BCUT2D eigenvalue weighted by atomic mass is 10.2. The molecule has 1 aromatic heterocycles. The van der Waals surface area contributed by atoms with Crippen molar-refractivity contribution in [3.05, 3.63) is 45.9 Å². The van der Waals surface area contributed by atoms with Crippen LogP contribution in [0, 0.1) is 12.8 Å². The fourth-order valence-corrected chi connectivity index (χ4v) is 3.95. The molecule has 1 aliphatic rings. The summed E-state index contributed by atoms with van der Waals surface area (Å²) in [5.41, 5.74) is 2.10. The van der Waals surface area contributed by atoms with Crippen LogP contribution < -0.4 is 4.74 Å². The minimum absolute atomic E-state index is 0.0255. The van der Waals surface area contributed by atoms with Gasteiger partial charge in [0, 0.05) is 37.5 Å². The van der Waals surface area contributed by atoms with E-state index in [2.05, 4.69) is 4.90 Å². The second-order valence-electron chi connectivity index (χ2n) is 7.71. The van der Waals surface area contributed by atoms with Crippen LogP contribution in [0.1, 0.15) is 30.1 Å². The molecule has 0 aliphatic carbocycles. The van der Waals surface area contributed by atoms with Crippen LogP contribution in [0.2, 0.25) is 0 Å². The molecule has 0 saturated carbocycles. The maximum Gasteiger partial charge on any atom is 0.225 e. The van der Waals surface area contributed by atoms with E-state index >= 15 is 0 Å². The van der Waals surface area contributed by atoms with Crippen molar-refractivity contribution in [1.29, 1.82) is 0 Å². The second-order valence-corrected chi connectivity index (χ2v) is 8.65. The minimum atomic E-state index is -0.0255. The summed E-state index contributed by atoms with van der Waals surface area (Å²) in [4.78, 5) is 21.7. The van der Waals surface area contributed by atoms with E-state index < -0.39 is 0 Å². The molecule has 0 atom stereocenters. The second kappa shape index (κ2) is 10.7. The molecule has 0 spiro atoms. The van der Waals surface area contributed by atoms with Crippen LogP contribution in [0.3, 0.4) is 0 Å². The number of nitrogens with zero attached hydrogens (tertiary/aromatic N) is 3. The highest BCUT2D eigenvalue weighted by molar-refractivity contribution is 7.09. The topological polar surface area (TPSA) is 54.9 Å². The number of aromatic nitrogens is 1. The maximum atomic E-state index is 12.7. The molecule has 1 saturated heterocycles. The van der Waals surface area contributed by atoms with Gasteiger partial charge in [-0.2, -0.15) is 0 Å². The molecule has 158 valence electrons. The van der Waals surface area contributed by atoms with E-state index in [0.717, 1.165) is 49.3 Å². The minimum Gasteiger partial charge on any atom is -0.486 e. The zero-order chi connectivity index (χ0) is 20.6. The summed E-state index contributed by atoms with van der Waals surface area (Å²) in [5.74, 6) is 0.996. The van der Waals surface area contributed by atoms with Crippen LogP contribution >= 0.6 is 11.3 Å². The van der Waals surface area contributed by atoms with Crippen LogP contribution in [-0.2, 0) is 22.7 Å². The zero-order valence-electron chi connectivity index (χ0n) is 17.6. The van der Waals surface area contributed by atoms with Gasteiger partial charge >= 0.3 is 0 Å². The van der Waals surface area contributed by atoms with Gasteiger partial charge in [0.05, 0.1) is 25.5 Å². The van der Waals surface area contributed by atoms with E-state index in [9.17, 15) is 4.79 Å². The Labute approximate surface area is 177 Å². The van der Waals surface area contributed by atoms with Crippen LogP contribution in [0.4, 0.5) is 0 Å². The summed E-state index contributed by atoms with van der Waals surface area (Å²) in [5, 5.41) is 2.95. The van der Waals surface area contributed by atoms with E-state index in [1.807, 2.05) is 55.3 Å². The Morgan fingerprint density at radius 3 is 2.86 bits per heavy atom. The predicted molar refractivity (Wildman–Crippen MR) is 115 cm³/mol. The highest BCUT2D eigenvalue weighted by atomic mass is 32.1. The molecular formula is C22H31N3O3S. The van der Waals surface area contributed by atoms with E-state index in [1.165, 1.54) is 5.56 Å². The molecule has 0 N–H and O–H groups in total. The summed E-state index contributed by atoms with van der Waals surface area (Å²) in [6.07, 6.45) is 0. The number of ether oxygens (including phenoxy) is 2. The lowest BCUT2D eigenvalue weighted by molar-refractivity contribution is -0.135. The van der Waals surface area contributed by atoms with Gasteiger partial charge in [-0.1, -0.05) is 26.0 Å². The van der Waals surface area contributed by atoms with Gasteiger partial charge in [-0.05, 0) is 24.6 Å². The molecule has 1 amide bonds. The highest BCUT2D eigenvalue weighted by Crippen LogP contribution is 2.18. The first kappa shape index (κ1) is 21.7. The number of carbonyl (C=O) groups is 1. The van der Waals surface area contributed by atoms with Crippen LogP contribution in [0.25, 0.3) is 0 Å². The lowest BCUT2D eigenvalue weighted by Crippen LogP contribution is -2.43. The van der Waals surface area contributed by atoms with Gasteiger partial charge < -0.3 is 14.4 Å². The molecule has 1 aromatic carbocycles. The lowest BCUT2D eigenvalue weighted by Gasteiger charge is -2.30. The Hall–Kier alpha value is -1.96. The number of aryl methyl sites for hydroxylation is 1. The van der Waals surface area contributed by atoms with Crippen LogP contribution in [0.5, 0.6) is 5.75 Å². The summed E-state index contributed by atoms with van der Waals surface area (Å²) < 4.78 is 11.3. The third-order valence-corrected chi connectivity index (χ3v) is 5.77. The van der Waals surface area contributed by atoms with E-state index in [4.69, 9.17) is 14.5 Å². The van der Waals surface area contributed by atoms with Crippen LogP contribution in [-0.4, -0.2) is 60.1 Å². The Morgan fingerprint density at radius 2 is 2.14 bits per heavy atom. The smallest absolute Gasteiger partial charge is 0.225 e. The van der Waals surface area contributed by atoms with Crippen molar-refractivity contribution in [2.45, 2.75) is 33.9 Å². The van der Waals surface area contributed by atoms with Gasteiger partial charge in [-0.25, -0.2) is 4.98 Å². The number of morpholine rings is 1. The summed E-state index contributed by atoms with van der Waals surface area (Å²) in [7, 11) is 0. The Kier molecular flexibility index (Phi) is 8.03. The highest BCUT2D eigenvalue weighted by Gasteiger charge is 2.20. The van der Waals surface area contributed by atoms with Crippen molar-refractivity contribution < 1.29 is 14.3 Å². The molecule has 2 heterocycles. The van der Waals surface area contributed by atoms with E-state index in [0.29, 0.717) is 19.7 Å². The largest absolute Gasteiger partial charge is 0.486 e. The van der Waals surface area contributed by atoms with Crippen molar-refractivity contribution >= 4 is 17.2 Å². The van der Waals surface area contributed by atoms with Gasteiger partial charge in [0.1, 0.15) is 17.4 Å². The number of amides is 1. The molecule has 2 aromatic rings.